The van der Waals surface area contributed by atoms with Gasteiger partial charge < -0.3 is 10.5 Å². The lowest BCUT2D eigenvalue weighted by molar-refractivity contribution is 0.178. The molecular weight excluding hydrogens is 372 g/mol. The van der Waals surface area contributed by atoms with Gasteiger partial charge in [-0.25, -0.2) is 4.79 Å². The number of aryl methyl sites for hydroxylation is 1. The van der Waals surface area contributed by atoms with Crippen LogP contribution in [0, 0.1) is 0 Å². The third-order valence-electron chi connectivity index (χ3n) is 6.62. The first-order valence-corrected chi connectivity index (χ1v) is 10.5. The van der Waals surface area contributed by atoms with Crippen molar-refractivity contribution in [1.82, 2.24) is 0 Å². The summed E-state index contributed by atoms with van der Waals surface area (Å²) in [5.41, 5.74) is 9.19. The lowest BCUT2D eigenvalue weighted by atomic mass is 9.79. The largest absolute Gasteiger partial charge is 0.467 e. The van der Waals surface area contributed by atoms with Gasteiger partial charge in [0.05, 0.1) is 5.69 Å². The molecule has 4 aromatic rings. The second kappa shape index (κ2) is 6.49. The molecule has 1 aliphatic carbocycles. The summed E-state index contributed by atoms with van der Waals surface area (Å²) in [5, 5.41) is 5.13. The van der Waals surface area contributed by atoms with Crippen molar-refractivity contribution in [3.63, 3.8) is 0 Å². The smallest absolute Gasteiger partial charge is 0.322 e. The maximum atomic E-state index is 12.4. The molecule has 30 heavy (non-hydrogen) atoms. The number of para-hydroxylation sites is 2. The summed E-state index contributed by atoms with van der Waals surface area (Å²) in [7, 11) is 0. The van der Waals surface area contributed by atoms with Gasteiger partial charge in [-0.3, -0.25) is 4.90 Å². The molecule has 4 heteroatoms. The van der Waals surface area contributed by atoms with Gasteiger partial charge in [0, 0.05) is 5.92 Å². The summed E-state index contributed by atoms with van der Waals surface area (Å²) in [6.45, 7) is 0. The fourth-order valence-electron chi connectivity index (χ4n) is 5.33. The number of ether oxygens (including phenoxy) is 1. The van der Waals surface area contributed by atoms with E-state index < -0.39 is 12.3 Å². The maximum absolute atomic E-state index is 12.4. The van der Waals surface area contributed by atoms with Crippen LogP contribution >= 0.6 is 0 Å². The van der Waals surface area contributed by atoms with Crippen molar-refractivity contribution in [2.24, 2.45) is 5.73 Å². The predicted octanol–water partition coefficient (Wildman–Crippen LogP) is 5.72. The van der Waals surface area contributed by atoms with Crippen LogP contribution in [0.4, 0.5) is 10.5 Å². The Hall–Kier alpha value is -3.53. The Kier molecular flexibility index (Phi) is 3.75. The molecule has 2 unspecified atom stereocenters. The number of nitrogens with zero attached hydrogens (tertiary/aromatic N) is 1. The molecule has 4 nitrogen and oxygen atoms in total. The van der Waals surface area contributed by atoms with Gasteiger partial charge in [0.2, 0.25) is 0 Å². The molecule has 6 rings (SSSR count). The molecule has 2 atom stereocenters. The highest BCUT2D eigenvalue weighted by Crippen LogP contribution is 2.46. The molecule has 0 saturated carbocycles. The van der Waals surface area contributed by atoms with Crippen LogP contribution in [0.5, 0.6) is 5.75 Å². The zero-order valence-electron chi connectivity index (χ0n) is 16.5. The molecule has 0 spiro atoms. The normalized spacial score (nSPS) is 20.1. The van der Waals surface area contributed by atoms with Crippen molar-refractivity contribution < 1.29 is 9.53 Å². The number of amides is 2. The minimum absolute atomic E-state index is 0.0875. The molecule has 0 saturated heterocycles. The zero-order valence-corrected chi connectivity index (χ0v) is 16.5. The first-order valence-electron chi connectivity index (χ1n) is 10.5. The number of primary amides is 1. The van der Waals surface area contributed by atoms with Crippen molar-refractivity contribution in [1.29, 1.82) is 0 Å². The van der Waals surface area contributed by atoms with Crippen LogP contribution in [-0.2, 0) is 6.42 Å². The summed E-state index contributed by atoms with van der Waals surface area (Å²) >= 11 is 0. The number of urea groups is 1. The minimum atomic E-state index is -0.469. The van der Waals surface area contributed by atoms with Gasteiger partial charge in [0.1, 0.15) is 5.75 Å². The van der Waals surface area contributed by atoms with Gasteiger partial charge >= 0.3 is 6.03 Å². The Balaban J connectivity index is 1.50. The van der Waals surface area contributed by atoms with E-state index >= 15 is 0 Å². The molecule has 1 aliphatic heterocycles. The number of carbonyl (C=O) groups is 1. The maximum Gasteiger partial charge on any atom is 0.322 e. The average Bonchev–Trinajstić information content (AvgIpc) is 3.18. The van der Waals surface area contributed by atoms with Crippen molar-refractivity contribution in [2.75, 3.05) is 4.90 Å². The first-order chi connectivity index (χ1) is 14.7. The van der Waals surface area contributed by atoms with E-state index in [0.29, 0.717) is 0 Å². The summed E-state index contributed by atoms with van der Waals surface area (Å²) < 4.78 is 6.28. The second-order valence-electron chi connectivity index (χ2n) is 8.20. The Bertz CT molecular complexity index is 1310. The third-order valence-corrected chi connectivity index (χ3v) is 6.62. The van der Waals surface area contributed by atoms with E-state index in [9.17, 15) is 4.79 Å². The fraction of sp³-hybridized carbons (Fsp3) is 0.192. The second-order valence-corrected chi connectivity index (χ2v) is 8.20. The number of nitrogens with two attached hydrogens (primary N) is 1. The molecule has 0 radical (unpaired) electrons. The van der Waals surface area contributed by atoms with Crippen LogP contribution in [-0.4, -0.2) is 12.3 Å². The lowest BCUT2D eigenvalue weighted by Crippen LogP contribution is -2.47. The molecule has 148 valence electrons. The van der Waals surface area contributed by atoms with Crippen LogP contribution in [0.2, 0.25) is 0 Å². The van der Waals surface area contributed by atoms with Gasteiger partial charge in [-0.2, -0.15) is 0 Å². The molecular formula is C26H22N2O2. The number of hydrogen-bond donors (Lipinski definition) is 1. The van der Waals surface area contributed by atoms with Crippen molar-refractivity contribution >= 4 is 33.3 Å². The van der Waals surface area contributed by atoms with Crippen LogP contribution in [0.25, 0.3) is 21.5 Å². The number of benzene rings is 4. The van der Waals surface area contributed by atoms with E-state index in [4.69, 9.17) is 10.5 Å². The van der Waals surface area contributed by atoms with Gasteiger partial charge in [-0.1, -0.05) is 60.7 Å². The molecule has 0 bridgehead atoms. The predicted molar refractivity (Wildman–Crippen MR) is 120 cm³/mol. The Morgan fingerprint density at radius 3 is 2.60 bits per heavy atom. The Morgan fingerprint density at radius 1 is 0.900 bits per heavy atom. The van der Waals surface area contributed by atoms with Gasteiger partial charge in [0.15, 0.2) is 6.23 Å². The first kappa shape index (κ1) is 17.3. The minimum Gasteiger partial charge on any atom is -0.467 e. The summed E-state index contributed by atoms with van der Waals surface area (Å²) in [6, 6.07) is 24.6. The number of hydrogen-bond acceptors (Lipinski definition) is 2. The van der Waals surface area contributed by atoms with Crippen LogP contribution < -0.4 is 15.4 Å². The zero-order chi connectivity index (χ0) is 20.2. The highest BCUT2D eigenvalue weighted by atomic mass is 16.5. The molecule has 2 N–H and O–H groups in total. The Labute approximate surface area is 174 Å². The van der Waals surface area contributed by atoms with Crippen molar-refractivity contribution in [3.8, 4) is 5.75 Å². The standard InChI is InChI=1S/C26H22N2O2/c27-26(29)28-23-10-3-4-11-24(23)30-25(28)22-9-5-8-18-20-13-12-16-6-1-2-7-17(16)19(20)14-15-21(18)22/h1-4,6-7,10-15,22,25H,5,8-9H2,(H2,27,29). The number of anilines is 1. The van der Waals surface area contributed by atoms with Gasteiger partial charge in [-0.05, 0) is 64.1 Å². The van der Waals surface area contributed by atoms with Gasteiger partial charge in [0.25, 0.3) is 0 Å². The van der Waals surface area contributed by atoms with E-state index in [0.717, 1.165) is 30.7 Å². The van der Waals surface area contributed by atoms with E-state index in [2.05, 4.69) is 48.5 Å². The van der Waals surface area contributed by atoms with E-state index in [-0.39, 0.29) is 5.92 Å². The number of fused-ring (bicyclic) bond motifs is 6. The van der Waals surface area contributed by atoms with Gasteiger partial charge in [-0.15, -0.1) is 0 Å². The molecule has 2 amide bonds. The molecule has 1 heterocycles. The Morgan fingerprint density at radius 2 is 1.70 bits per heavy atom. The summed E-state index contributed by atoms with van der Waals surface area (Å²) in [6.07, 6.45) is 2.66. The molecule has 4 aromatic carbocycles. The third kappa shape index (κ3) is 2.43. The number of rotatable bonds is 1. The topological polar surface area (TPSA) is 55.6 Å². The molecule has 2 aliphatic rings. The summed E-state index contributed by atoms with van der Waals surface area (Å²) in [4.78, 5) is 14.0. The SMILES string of the molecule is NC(=O)N1c2ccccc2OC1C1CCCc2c1ccc1c2ccc2ccccc21. The lowest BCUT2D eigenvalue weighted by Gasteiger charge is -2.34. The highest BCUT2D eigenvalue weighted by Gasteiger charge is 2.42. The molecule has 0 fully saturated rings. The van der Waals surface area contributed by atoms with Crippen molar-refractivity contribution in [3.05, 3.63) is 83.9 Å². The van der Waals surface area contributed by atoms with Crippen molar-refractivity contribution in [2.45, 2.75) is 31.4 Å². The van der Waals surface area contributed by atoms with E-state index in [1.54, 1.807) is 4.90 Å². The average molecular weight is 394 g/mol. The fourth-order valence-corrected chi connectivity index (χ4v) is 5.33. The van der Waals surface area contributed by atoms with E-state index in [1.165, 1.54) is 32.7 Å². The quantitative estimate of drug-likeness (QED) is 0.420. The summed E-state index contributed by atoms with van der Waals surface area (Å²) in [5.74, 6) is 0.810. The molecule has 0 aromatic heterocycles. The monoisotopic (exact) mass is 394 g/mol. The van der Waals surface area contributed by atoms with Crippen LogP contribution in [0.1, 0.15) is 29.9 Å². The van der Waals surface area contributed by atoms with Crippen LogP contribution in [0.3, 0.4) is 0 Å². The van der Waals surface area contributed by atoms with E-state index in [1.807, 2.05) is 24.3 Å². The van der Waals surface area contributed by atoms with Crippen LogP contribution in [0.15, 0.2) is 72.8 Å². The highest BCUT2D eigenvalue weighted by molar-refractivity contribution is 6.08. The number of carbonyl (C=O) groups excluding carboxylic acids is 1.